The molecule has 7 heteroatoms. The lowest BCUT2D eigenvalue weighted by atomic mass is 9.90. The Balaban J connectivity index is 1.53. The summed E-state index contributed by atoms with van der Waals surface area (Å²) in [6.07, 6.45) is 4.53. The van der Waals surface area contributed by atoms with E-state index >= 15 is 0 Å². The van der Waals surface area contributed by atoms with Crippen LogP contribution in [0.2, 0.25) is 5.02 Å². The molecule has 0 spiro atoms. The summed E-state index contributed by atoms with van der Waals surface area (Å²) in [6.45, 7) is 7.59. The first-order chi connectivity index (χ1) is 14.2. The second-order valence-corrected chi connectivity index (χ2v) is 7.97. The third kappa shape index (κ3) is 4.39. The second-order valence-electron chi connectivity index (χ2n) is 7.56. The Kier molecular flexibility index (Phi) is 6.33. The molecule has 1 N–H and O–H groups in total. The zero-order valence-corrected chi connectivity index (χ0v) is 17.3. The SMILES string of the molecule is C=CCn1nc(C(=O)N2CCOCC2)c2c1CCC(NCc1ccccc1Cl)C2. The molecule has 1 atom stereocenters. The first-order valence-corrected chi connectivity index (χ1v) is 10.6. The Morgan fingerprint density at radius 2 is 2.14 bits per heavy atom. The normalized spacial score (nSPS) is 19.1. The van der Waals surface area contributed by atoms with Crippen molar-refractivity contribution >= 4 is 17.5 Å². The number of carbonyl (C=O) groups is 1. The van der Waals surface area contributed by atoms with E-state index in [0.717, 1.165) is 41.1 Å². The Morgan fingerprint density at radius 1 is 1.34 bits per heavy atom. The maximum atomic E-state index is 13.2. The highest BCUT2D eigenvalue weighted by Gasteiger charge is 2.31. The molecule has 2 heterocycles. The number of hydrogen-bond donors (Lipinski definition) is 1. The molecule has 6 nitrogen and oxygen atoms in total. The summed E-state index contributed by atoms with van der Waals surface area (Å²) in [4.78, 5) is 15.0. The number of benzene rings is 1. The predicted octanol–water partition coefficient (Wildman–Crippen LogP) is 2.84. The minimum atomic E-state index is 0.0131. The first kappa shape index (κ1) is 20.1. The molecule has 1 amide bonds. The lowest BCUT2D eigenvalue weighted by Crippen LogP contribution is -2.41. The molecular formula is C22H27ClN4O2. The molecule has 1 aliphatic carbocycles. The Hall–Kier alpha value is -2.15. The van der Waals surface area contributed by atoms with Crippen LogP contribution in [0.25, 0.3) is 0 Å². The summed E-state index contributed by atoms with van der Waals surface area (Å²) in [6, 6.07) is 8.18. The van der Waals surface area contributed by atoms with Crippen LogP contribution in [0.3, 0.4) is 0 Å². The molecule has 4 rings (SSSR count). The standard InChI is InChI=1S/C22H27ClN4O2/c1-2-9-27-20-8-7-17(24-15-16-5-3-4-6-19(16)23)14-18(20)21(25-27)22(28)26-10-12-29-13-11-26/h2-6,17,24H,1,7-15H2. The van der Waals surface area contributed by atoms with Gasteiger partial charge < -0.3 is 15.0 Å². The fourth-order valence-corrected chi connectivity index (χ4v) is 4.32. The van der Waals surface area contributed by atoms with Gasteiger partial charge >= 0.3 is 0 Å². The van der Waals surface area contributed by atoms with Gasteiger partial charge in [0.2, 0.25) is 0 Å². The lowest BCUT2D eigenvalue weighted by molar-refractivity contribution is 0.0297. The summed E-state index contributed by atoms with van der Waals surface area (Å²) in [5, 5.41) is 9.08. The van der Waals surface area contributed by atoms with Crippen molar-refractivity contribution in [2.24, 2.45) is 0 Å². The number of nitrogens with zero attached hydrogens (tertiary/aromatic N) is 3. The Bertz CT molecular complexity index is 889. The molecule has 0 saturated carbocycles. The summed E-state index contributed by atoms with van der Waals surface area (Å²) in [5.74, 6) is 0.0131. The van der Waals surface area contributed by atoms with Gasteiger partial charge in [-0.3, -0.25) is 9.48 Å². The number of aromatic nitrogens is 2. The largest absolute Gasteiger partial charge is 0.378 e. The fourth-order valence-electron chi connectivity index (χ4n) is 4.12. The first-order valence-electron chi connectivity index (χ1n) is 10.2. The minimum absolute atomic E-state index is 0.0131. The van der Waals surface area contributed by atoms with Crippen LogP contribution >= 0.6 is 11.6 Å². The highest BCUT2D eigenvalue weighted by molar-refractivity contribution is 6.31. The van der Waals surface area contributed by atoms with Crippen LogP contribution in [0, 0.1) is 0 Å². The second kappa shape index (κ2) is 9.11. The number of rotatable bonds is 6. The van der Waals surface area contributed by atoms with Crippen LogP contribution < -0.4 is 5.32 Å². The van der Waals surface area contributed by atoms with Gasteiger partial charge in [-0.15, -0.1) is 6.58 Å². The number of allylic oxidation sites excluding steroid dienone is 1. The summed E-state index contributed by atoms with van der Waals surface area (Å²) >= 11 is 6.29. The van der Waals surface area contributed by atoms with Crippen LogP contribution in [0.4, 0.5) is 0 Å². The number of hydrogen-bond acceptors (Lipinski definition) is 4. The highest BCUT2D eigenvalue weighted by Crippen LogP contribution is 2.27. The van der Waals surface area contributed by atoms with Gasteiger partial charge in [0.25, 0.3) is 5.91 Å². The third-order valence-corrected chi connectivity index (χ3v) is 6.06. The van der Waals surface area contributed by atoms with Crippen LogP contribution in [0.5, 0.6) is 0 Å². The van der Waals surface area contributed by atoms with E-state index < -0.39 is 0 Å². The number of halogens is 1. The highest BCUT2D eigenvalue weighted by atomic mass is 35.5. The predicted molar refractivity (Wildman–Crippen MR) is 113 cm³/mol. The van der Waals surface area contributed by atoms with E-state index in [1.807, 2.05) is 39.9 Å². The Labute approximate surface area is 176 Å². The van der Waals surface area contributed by atoms with E-state index in [1.165, 1.54) is 0 Å². The maximum Gasteiger partial charge on any atom is 0.274 e. The Morgan fingerprint density at radius 3 is 2.90 bits per heavy atom. The number of carbonyl (C=O) groups excluding carboxylic acids is 1. The van der Waals surface area contributed by atoms with Gasteiger partial charge in [0.1, 0.15) is 0 Å². The molecule has 0 radical (unpaired) electrons. The zero-order valence-electron chi connectivity index (χ0n) is 16.6. The number of amides is 1. The van der Waals surface area contributed by atoms with Gasteiger partial charge in [0, 0.05) is 42.0 Å². The minimum Gasteiger partial charge on any atom is -0.378 e. The smallest absolute Gasteiger partial charge is 0.274 e. The maximum absolute atomic E-state index is 13.2. The monoisotopic (exact) mass is 414 g/mol. The van der Waals surface area contributed by atoms with Crippen LogP contribution in [0.1, 0.15) is 33.7 Å². The molecule has 1 fully saturated rings. The van der Waals surface area contributed by atoms with Crippen molar-refractivity contribution in [2.75, 3.05) is 26.3 Å². The molecule has 2 aliphatic rings. The van der Waals surface area contributed by atoms with E-state index in [0.29, 0.717) is 45.1 Å². The van der Waals surface area contributed by atoms with Crippen LogP contribution in [-0.2, 0) is 30.7 Å². The molecule has 154 valence electrons. The van der Waals surface area contributed by atoms with Gasteiger partial charge in [-0.05, 0) is 30.9 Å². The van der Waals surface area contributed by atoms with Crippen molar-refractivity contribution in [3.05, 3.63) is 64.5 Å². The van der Waals surface area contributed by atoms with Crippen molar-refractivity contribution in [2.45, 2.75) is 38.4 Å². The summed E-state index contributed by atoms with van der Waals surface area (Å²) in [5.41, 5.74) is 3.92. The number of nitrogens with one attached hydrogen (secondary N) is 1. The number of morpholine rings is 1. The van der Waals surface area contributed by atoms with Gasteiger partial charge in [-0.1, -0.05) is 35.9 Å². The number of fused-ring (bicyclic) bond motifs is 1. The molecule has 1 unspecified atom stereocenters. The van der Waals surface area contributed by atoms with E-state index in [-0.39, 0.29) is 11.9 Å². The van der Waals surface area contributed by atoms with Crippen molar-refractivity contribution < 1.29 is 9.53 Å². The van der Waals surface area contributed by atoms with Crippen LogP contribution in [0.15, 0.2) is 36.9 Å². The average molecular weight is 415 g/mol. The third-order valence-electron chi connectivity index (χ3n) is 5.69. The van der Waals surface area contributed by atoms with Crippen molar-refractivity contribution in [3.63, 3.8) is 0 Å². The van der Waals surface area contributed by atoms with E-state index in [9.17, 15) is 4.79 Å². The fraction of sp³-hybridized carbons (Fsp3) is 0.455. The van der Waals surface area contributed by atoms with Gasteiger partial charge in [0.05, 0.1) is 19.8 Å². The van der Waals surface area contributed by atoms with E-state index in [2.05, 4.69) is 17.0 Å². The van der Waals surface area contributed by atoms with Crippen molar-refractivity contribution in [1.82, 2.24) is 20.0 Å². The molecule has 29 heavy (non-hydrogen) atoms. The topological polar surface area (TPSA) is 59.4 Å². The van der Waals surface area contributed by atoms with Crippen LogP contribution in [-0.4, -0.2) is 52.9 Å². The lowest BCUT2D eigenvalue weighted by Gasteiger charge is -2.28. The zero-order chi connectivity index (χ0) is 20.2. The van der Waals surface area contributed by atoms with Gasteiger partial charge in [-0.2, -0.15) is 5.10 Å². The van der Waals surface area contributed by atoms with Crippen molar-refractivity contribution in [1.29, 1.82) is 0 Å². The molecule has 2 aromatic rings. The molecule has 0 bridgehead atoms. The quantitative estimate of drug-likeness (QED) is 0.738. The van der Waals surface area contributed by atoms with Crippen molar-refractivity contribution in [3.8, 4) is 0 Å². The van der Waals surface area contributed by atoms with E-state index in [4.69, 9.17) is 16.3 Å². The summed E-state index contributed by atoms with van der Waals surface area (Å²) in [7, 11) is 0. The molecule has 1 aromatic heterocycles. The molecule has 1 aromatic carbocycles. The molecule has 1 aliphatic heterocycles. The summed E-state index contributed by atoms with van der Waals surface area (Å²) < 4.78 is 7.33. The van der Waals surface area contributed by atoms with Gasteiger partial charge in [0.15, 0.2) is 5.69 Å². The molecule has 1 saturated heterocycles. The average Bonchev–Trinajstić information content (AvgIpc) is 3.11. The van der Waals surface area contributed by atoms with Gasteiger partial charge in [-0.25, -0.2) is 0 Å². The van der Waals surface area contributed by atoms with E-state index in [1.54, 1.807) is 0 Å². The molecular weight excluding hydrogens is 388 g/mol. The number of ether oxygens (including phenoxy) is 1.